The second kappa shape index (κ2) is 7.74. The third kappa shape index (κ3) is 4.66. The van der Waals surface area contributed by atoms with E-state index in [0.29, 0.717) is 16.1 Å². The average Bonchev–Trinajstić information content (AvgIpc) is 2.54. The van der Waals surface area contributed by atoms with E-state index in [1.165, 1.54) is 31.2 Å². The number of ketones is 1. The molecule has 3 N–H and O–H groups in total. The number of hydrogen-bond donors (Lipinski definition) is 2. The highest BCUT2D eigenvalue weighted by Crippen LogP contribution is 2.23. The van der Waals surface area contributed by atoms with Crippen molar-refractivity contribution in [2.75, 3.05) is 11.1 Å². The van der Waals surface area contributed by atoms with Crippen LogP contribution in [-0.4, -0.2) is 23.4 Å². The molecule has 0 unspecified atom stereocenters. The minimum atomic E-state index is -0.548. The average molecular weight is 346 g/mol. The lowest BCUT2D eigenvalue weighted by Gasteiger charge is -2.07. The molecular formula is C17H15FN2O3S. The second-order valence-electron chi connectivity index (χ2n) is 4.98. The molecule has 124 valence electrons. The molecule has 0 atom stereocenters. The van der Waals surface area contributed by atoms with Crippen LogP contribution >= 0.6 is 11.8 Å². The Morgan fingerprint density at radius 1 is 1.08 bits per heavy atom. The van der Waals surface area contributed by atoms with Crippen molar-refractivity contribution in [2.45, 2.75) is 11.8 Å². The zero-order valence-electron chi connectivity index (χ0n) is 12.8. The van der Waals surface area contributed by atoms with Crippen LogP contribution in [0.5, 0.6) is 0 Å². The van der Waals surface area contributed by atoms with Crippen LogP contribution < -0.4 is 11.1 Å². The summed E-state index contributed by atoms with van der Waals surface area (Å²) >= 11 is 1.03. The molecule has 2 aromatic carbocycles. The maximum absolute atomic E-state index is 13.9. The van der Waals surface area contributed by atoms with Crippen molar-refractivity contribution in [3.05, 3.63) is 59.4 Å². The van der Waals surface area contributed by atoms with Gasteiger partial charge in [0.1, 0.15) is 5.82 Å². The van der Waals surface area contributed by atoms with Gasteiger partial charge in [-0.2, -0.15) is 0 Å². The molecule has 0 aliphatic rings. The monoisotopic (exact) mass is 346 g/mol. The number of carbonyl (C=O) groups excluding carboxylic acids is 3. The molecule has 0 heterocycles. The lowest BCUT2D eigenvalue weighted by molar-refractivity contribution is -0.113. The zero-order chi connectivity index (χ0) is 17.7. The normalized spacial score (nSPS) is 10.2. The lowest BCUT2D eigenvalue weighted by Crippen LogP contribution is -2.15. The van der Waals surface area contributed by atoms with Crippen molar-refractivity contribution < 1.29 is 18.8 Å². The van der Waals surface area contributed by atoms with E-state index >= 15 is 0 Å². The van der Waals surface area contributed by atoms with E-state index in [1.54, 1.807) is 12.1 Å². The number of carbonyl (C=O) groups is 3. The Hall–Kier alpha value is -2.67. The number of nitrogens with one attached hydrogen (secondary N) is 1. The van der Waals surface area contributed by atoms with Gasteiger partial charge >= 0.3 is 0 Å². The third-order valence-electron chi connectivity index (χ3n) is 3.15. The van der Waals surface area contributed by atoms with Crippen LogP contribution in [0.4, 0.5) is 10.1 Å². The topological polar surface area (TPSA) is 89.3 Å². The van der Waals surface area contributed by atoms with Gasteiger partial charge in [-0.05, 0) is 43.3 Å². The van der Waals surface area contributed by atoms with Gasteiger partial charge < -0.3 is 11.1 Å². The Balaban J connectivity index is 1.93. The molecule has 0 saturated carbocycles. The van der Waals surface area contributed by atoms with E-state index < -0.39 is 11.7 Å². The number of amides is 2. The van der Waals surface area contributed by atoms with Crippen LogP contribution in [0.1, 0.15) is 27.6 Å². The molecular weight excluding hydrogens is 331 g/mol. The fraction of sp³-hybridized carbons (Fsp3) is 0.118. The van der Waals surface area contributed by atoms with E-state index in [9.17, 15) is 18.8 Å². The third-order valence-corrected chi connectivity index (χ3v) is 4.20. The highest BCUT2D eigenvalue weighted by Gasteiger charge is 2.10. The smallest absolute Gasteiger partial charge is 0.248 e. The van der Waals surface area contributed by atoms with Crippen LogP contribution in [0.3, 0.4) is 0 Å². The number of rotatable bonds is 6. The number of primary amides is 1. The van der Waals surface area contributed by atoms with E-state index in [0.717, 1.165) is 17.8 Å². The number of hydrogen-bond acceptors (Lipinski definition) is 4. The molecule has 0 saturated heterocycles. The summed E-state index contributed by atoms with van der Waals surface area (Å²) in [5.41, 5.74) is 6.28. The van der Waals surface area contributed by atoms with Gasteiger partial charge in [0.15, 0.2) is 5.78 Å². The van der Waals surface area contributed by atoms with Gasteiger partial charge in [-0.15, -0.1) is 11.8 Å². The fourth-order valence-corrected chi connectivity index (χ4v) is 2.61. The predicted molar refractivity (Wildman–Crippen MR) is 90.7 cm³/mol. The summed E-state index contributed by atoms with van der Waals surface area (Å²) in [5.74, 6) is -1.61. The number of halogens is 1. The highest BCUT2D eigenvalue weighted by molar-refractivity contribution is 8.00. The van der Waals surface area contributed by atoms with Crippen molar-refractivity contribution in [3.63, 3.8) is 0 Å². The van der Waals surface area contributed by atoms with Gasteiger partial charge in [-0.1, -0.05) is 6.07 Å². The van der Waals surface area contributed by atoms with E-state index in [1.807, 2.05) is 0 Å². The Labute approximate surface area is 142 Å². The Morgan fingerprint density at radius 2 is 1.71 bits per heavy atom. The van der Waals surface area contributed by atoms with Crippen LogP contribution in [0, 0.1) is 5.82 Å². The first-order valence-corrected chi connectivity index (χ1v) is 7.98. The van der Waals surface area contributed by atoms with E-state index in [-0.39, 0.29) is 23.0 Å². The molecule has 2 amide bonds. The summed E-state index contributed by atoms with van der Waals surface area (Å²) in [6.45, 7) is 1.36. The Bertz CT molecular complexity index is 791. The minimum Gasteiger partial charge on any atom is -0.366 e. The van der Waals surface area contributed by atoms with Gasteiger partial charge in [0.05, 0.1) is 5.75 Å². The van der Waals surface area contributed by atoms with Crippen molar-refractivity contribution >= 4 is 35.0 Å². The largest absolute Gasteiger partial charge is 0.366 e. The molecule has 0 spiro atoms. The molecule has 7 heteroatoms. The van der Waals surface area contributed by atoms with Crippen LogP contribution in [0.25, 0.3) is 0 Å². The van der Waals surface area contributed by atoms with Gasteiger partial charge in [-0.3, -0.25) is 14.4 Å². The van der Waals surface area contributed by atoms with Crippen molar-refractivity contribution in [1.82, 2.24) is 0 Å². The number of Topliss-reactive ketones (excluding diaryl/α,β-unsaturated/α-hetero) is 1. The second-order valence-corrected chi connectivity index (χ2v) is 6.00. The Kier molecular flexibility index (Phi) is 5.70. The van der Waals surface area contributed by atoms with Crippen molar-refractivity contribution in [2.24, 2.45) is 5.73 Å². The number of nitrogens with two attached hydrogens (primary N) is 1. The summed E-state index contributed by atoms with van der Waals surface area (Å²) in [6.07, 6.45) is 0. The summed E-state index contributed by atoms with van der Waals surface area (Å²) in [5, 5.41) is 2.64. The molecule has 2 aromatic rings. The number of benzene rings is 2. The first-order valence-electron chi connectivity index (χ1n) is 7.00. The lowest BCUT2D eigenvalue weighted by atomic mass is 10.1. The van der Waals surface area contributed by atoms with Crippen molar-refractivity contribution in [3.8, 4) is 0 Å². The summed E-state index contributed by atoms with van der Waals surface area (Å²) in [4.78, 5) is 34.3. The molecule has 0 aromatic heterocycles. The van der Waals surface area contributed by atoms with E-state index in [2.05, 4.69) is 5.32 Å². The fourth-order valence-electron chi connectivity index (χ4n) is 1.90. The van der Waals surface area contributed by atoms with Gasteiger partial charge in [0.2, 0.25) is 11.8 Å². The standard InChI is InChI=1S/C17H15FN2O3S/c1-10(21)12-4-7-15(14(18)8-12)24-9-16(22)20-13-5-2-11(3-6-13)17(19)23/h2-8H,9H2,1H3,(H2,19,23)(H,20,22). The van der Waals surface area contributed by atoms with Crippen LogP contribution in [-0.2, 0) is 4.79 Å². The maximum atomic E-state index is 13.9. The highest BCUT2D eigenvalue weighted by atomic mass is 32.2. The maximum Gasteiger partial charge on any atom is 0.248 e. The van der Waals surface area contributed by atoms with Gasteiger partial charge in [-0.25, -0.2) is 4.39 Å². The molecule has 0 bridgehead atoms. The number of thioether (sulfide) groups is 1. The van der Waals surface area contributed by atoms with Crippen molar-refractivity contribution in [1.29, 1.82) is 0 Å². The molecule has 2 rings (SSSR count). The quantitative estimate of drug-likeness (QED) is 0.622. The molecule has 0 radical (unpaired) electrons. The first-order chi connectivity index (χ1) is 11.4. The molecule has 5 nitrogen and oxygen atoms in total. The summed E-state index contributed by atoms with van der Waals surface area (Å²) < 4.78 is 13.9. The summed E-state index contributed by atoms with van der Waals surface area (Å²) in [7, 11) is 0. The van der Waals surface area contributed by atoms with Crippen LogP contribution in [0.15, 0.2) is 47.4 Å². The van der Waals surface area contributed by atoms with E-state index in [4.69, 9.17) is 5.73 Å². The SMILES string of the molecule is CC(=O)c1ccc(SCC(=O)Nc2ccc(C(N)=O)cc2)c(F)c1. The first kappa shape index (κ1) is 17.7. The molecule has 0 aliphatic heterocycles. The Morgan fingerprint density at radius 3 is 2.25 bits per heavy atom. The van der Waals surface area contributed by atoms with Gasteiger partial charge in [0.25, 0.3) is 0 Å². The number of anilines is 1. The van der Waals surface area contributed by atoms with Crippen LogP contribution in [0.2, 0.25) is 0 Å². The molecule has 0 aliphatic carbocycles. The molecule has 0 fully saturated rings. The molecule has 24 heavy (non-hydrogen) atoms. The van der Waals surface area contributed by atoms with Gasteiger partial charge in [0, 0.05) is 21.7 Å². The minimum absolute atomic E-state index is 0.00785. The zero-order valence-corrected chi connectivity index (χ0v) is 13.7. The predicted octanol–water partition coefficient (Wildman–Crippen LogP) is 2.86. The summed E-state index contributed by atoms with van der Waals surface area (Å²) in [6, 6.07) is 10.3.